The highest BCUT2D eigenvalue weighted by Crippen LogP contribution is 2.52. The first kappa shape index (κ1) is 25.1. The van der Waals surface area contributed by atoms with Crippen molar-refractivity contribution in [2.75, 3.05) is 18.1 Å². The molecule has 6 heteroatoms. The number of anilines is 1. The molecule has 0 radical (unpaired) electrons. The number of rotatable bonds is 5. The summed E-state index contributed by atoms with van der Waals surface area (Å²) >= 11 is 1.75. The average molecular weight is 526 g/mol. The number of carbonyl (C=O) groups is 2. The maximum Gasteiger partial charge on any atom is 0.251 e. The molecule has 0 spiro atoms. The van der Waals surface area contributed by atoms with E-state index in [0.717, 1.165) is 44.3 Å². The highest BCUT2D eigenvalue weighted by molar-refractivity contribution is 7.98. The van der Waals surface area contributed by atoms with Gasteiger partial charge in [-0.25, -0.2) is 0 Å². The van der Waals surface area contributed by atoms with Gasteiger partial charge in [0.05, 0.1) is 18.0 Å². The van der Waals surface area contributed by atoms with E-state index in [4.69, 9.17) is 0 Å². The Labute approximate surface area is 229 Å². The van der Waals surface area contributed by atoms with Crippen LogP contribution in [0.15, 0.2) is 83.8 Å². The molecule has 2 fully saturated rings. The van der Waals surface area contributed by atoms with Gasteiger partial charge < -0.3 is 15.5 Å². The van der Waals surface area contributed by atoms with Crippen LogP contribution in [-0.2, 0) is 4.79 Å². The molecule has 2 N–H and O–H groups in total. The lowest BCUT2D eigenvalue weighted by Gasteiger charge is -2.42. The van der Waals surface area contributed by atoms with Crippen molar-refractivity contribution in [2.45, 2.75) is 55.1 Å². The fourth-order valence-corrected chi connectivity index (χ4v) is 7.18. The van der Waals surface area contributed by atoms with E-state index in [-0.39, 0.29) is 35.9 Å². The first-order valence-electron chi connectivity index (χ1n) is 13.8. The summed E-state index contributed by atoms with van der Waals surface area (Å²) in [4.78, 5) is 30.7. The Kier molecular flexibility index (Phi) is 7.16. The third kappa shape index (κ3) is 4.71. The Morgan fingerprint density at radius 1 is 0.895 bits per heavy atom. The van der Waals surface area contributed by atoms with Crippen molar-refractivity contribution in [2.24, 2.45) is 11.8 Å². The zero-order valence-electron chi connectivity index (χ0n) is 21.8. The Balaban J connectivity index is 1.27. The second-order valence-electron chi connectivity index (χ2n) is 10.7. The highest BCUT2D eigenvalue weighted by Gasteiger charge is 2.48. The van der Waals surface area contributed by atoms with E-state index < -0.39 is 0 Å². The molecular weight excluding hydrogens is 490 g/mol. The van der Waals surface area contributed by atoms with E-state index in [1.165, 1.54) is 16.0 Å². The van der Waals surface area contributed by atoms with Gasteiger partial charge in [-0.2, -0.15) is 0 Å². The minimum absolute atomic E-state index is 0.0394. The lowest BCUT2D eigenvalue weighted by molar-refractivity contribution is -0.138. The Bertz CT molecular complexity index is 1300. The summed E-state index contributed by atoms with van der Waals surface area (Å²) in [6, 6.07) is 26.7. The second kappa shape index (κ2) is 10.9. The fourth-order valence-electron chi connectivity index (χ4n) is 6.77. The maximum absolute atomic E-state index is 14.3. The van der Waals surface area contributed by atoms with Gasteiger partial charge in [-0.3, -0.25) is 9.59 Å². The molecule has 3 aromatic carbocycles. The second-order valence-corrected chi connectivity index (χ2v) is 11.6. The number of fused-ring (bicyclic) bond motifs is 3. The first-order chi connectivity index (χ1) is 18.6. The van der Waals surface area contributed by atoms with Gasteiger partial charge in [-0.15, -0.1) is 11.8 Å². The molecule has 5 nitrogen and oxygen atoms in total. The van der Waals surface area contributed by atoms with Crippen molar-refractivity contribution in [1.82, 2.24) is 10.2 Å². The van der Waals surface area contributed by atoms with Gasteiger partial charge in [0.2, 0.25) is 5.91 Å². The molecule has 3 aromatic rings. The van der Waals surface area contributed by atoms with Gasteiger partial charge in [-0.1, -0.05) is 61.4 Å². The van der Waals surface area contributed by atoms with Gasteiger partial charge in [0.15, 0.2) is 0 Å². The number of likely N-dealkylation sites (tertiary alicyclic amines) is 1. The molecular formula is C32H35N3O2S. The van der Waals surface area contributed by atoms with Crippen molar-refractivity contribution in [3.63, 3.8) is 0 Å². The number of hydrogen-bond acceptors (Lipinski definition) is 4. The van der Waals surface area contributed by atoms with Gasteiger partial charge in [-0.05, 0) is 67.0 Å². The normalized spacial score (nSPS) is 26.1. The Morgan fingerprint density at radius 2 is 1.63 bits per heavy atom. The molecule has 5 unspecified atom stereocenters. The molecule has 2 amide bonds. The van der Waals surface area contributed by atoms with Gasteiger partial charge in [0, 0.05) is 34.7 Å². The number of amides is 2. The molecule has 2 heterocycles. The molecule has 3 aliphatic rings. The van der Waals surface area contributed by atoms with E-state index in [0.29, 0.717) is 11.5 Å². The monoisotopic (exact) mass is 525 g/mol. The molecule has 0 aromatic heterocycles. The van der Waals surface area contributed by atoms with Crippen LogP contribution in [-0.4, -0.2) is 35.6 Å². The number of nitrogens with zero attached hydrogens (tertiary/aromatic N) is 1. The summed E-state index contributed by atoms with van der Waals surface area (Å²) in [5.41, 5.74) is 4.24. The van der Waals surface area contributed by atoms with Crippen LogP contribution in [0.3, 0.4) is 0 Å². The number of benzene rings is 3. The lowest BCUT2D eigenvalue weighted by Crippen LogP contribution is -2.50. The summed E-state index contributed by atoms with van der Waals surface area (Å²) in [6.45, 7) is 0.749. The molecule has 5 atom stereocenters. The predicted octanol–water partition coefficient (Wildman–Crippen LogP) is 6.45. The van der Waals surface area contributed by atoms with Crippen molar-refractivity contribution in [3.05, 3.63) is 95.6 Å². The van der Waals surface area contributed by atoms with Crippen LogP contribution >= 0.6 is 11.8 Å². The predicted molar refractivity (Wildman–Crippen MR) is 153 cm³/mol. The van der Waals surface area contributed by atoms with Crippen LogP contribution < -0.4 is 10.6 Å². The van der Waals surface area contributed by atoms with E-state index in [2.05, 4.69) is 70.3 Å². The standard InChI is InChI=1S/C32H35N3O2S/c1-38-23-17-15-21(16-18-23)29-26-19-20-35(30(26)24-11-5-7-13-27(24)33-29)32(37)25-12-6-8-14-28(25)34-31(36)22-9-3-2-4-10-22/h2-5,7,9-11,13,15-18,25-26,28-30,33H,6,8,12,14,19-20H2,1H3,(H,34,36). The van der Waals surface area contributed by atoms with Crippen molar-refractivity contribution < 1.29 is 9.59 Å². The van der Waals surface area contributed by atoms with Crippen LogP contribution in [0.4, 0.5) is 5.69 Å². The number of para-hydroxylation sites is 1. The van der Waals surface area contributed by atoms with Crippen molar-refractivity contribution >= 4 is 29.3 Å². The third-order valence-corrected chi connectivity index (χ3v) is 9.40. The molecule has 0 bridgehead atoms. The third-order valence-electron chi connectivity index (χ3n) is 8.66. The van der Waals surface area contributed by atoms with Gasteiger partial charge >= 0.3 is 0 Å². The molecule has 6 rings (SSSR count). The fraction of sp³-hybridized carbons (Fsp3) is 0.375. The number of nitrogens with one attached hydrogen (secondary N) is 2. The SMILES string of the molecule is CSc1ccc(C2Nc3ccccc3C3C2CCN3C(=O)C2CCCCC2NC(=O)c2ccccc2)cc1. The van der Waals surface area contributed by atoms with Crippen LogP contribution in [0.5, 0.6) is 0 Å². The summed E-state index contributed by atoms with van der Waals surface area (Å²) in [7, 11) is 0. The summed E-state index contributed by atoms with van der Waals surface area (Å²) < 4.78 is 0. The highest BCUT2D eigenvalue weighted by atomic mass is 32.2. The molecule has 1 aliphatic carbocycles. The number of thioether (sulfide) groups is 1. The van der Waals surface area contributed by atoms with Crippen LogP contribution in [0.2, 0.25) is 0 Å². The Morgan fingerprint density at radius 3 is 2.42 bits per heavy atom. The zero-order chi connectivity index (χ0) is 26.1. The summed E-state index contributed by atoms with van der Waals surface area (Å²) in [6.07, 6.45) is 6.79. The van der Waals surface area contributed by atoms with E-state index in [1.54, 1.807) is 11.8 Å². The van der Waals surface area contributed by atoms with E-state index in [1.807, 2.05) is 30.3 Å². The molecule has 1 saturated carbocycles. The minimum Gasteiger partial charge on any atom is -0.378 e. The van der Waals surface area contributed by atoms with E-state index >= 15 is 0 Å². The minimum atomic E-state index is -0.184. The molecule has 196 valence electrons. The number of hydrogen-bond donors (Lipinski definition) is 2. The summed E-state index contributed by atoms with van der Waals surface area (Å²) in [5, 5.41) is 7.04. The average Bonchev–Trinajstić information content (AvgIpc) is 3.43. The molecule has 2 aliphatic heterocycles. The topological polar surface area (TPSA) is 61.4 Å². The largest absolute Gasteiger partial charge is 0.378 e. The Hall–Kier alpha value is -3.25. The summed E-state index contributed by atoms with van der Waals surface area (Å²) in [5.74, 6) is 0.228. The van der Waals surface area contributed by atoms with Gasteiger partial charge in [0.1, 0.15) is 0 Å². The first-order valence-corrected chi connectivity index (χ1v) is 15.0. The van der Waals surface area contributed by atoms with Crippen molar-refractivity contribution in [3.8, 4) is 0 Å². The molecule has 38 heavy (non-hydrogen) atoms. The van der Waals surface area contributed by atoms with E-state index in [9.17, 15) is 9.59 Å². The lowest BCUT2D eigenvalue weighted by atomic mass is 9.79. The van der Waals surface area contributed by atoms with Crippen LogP contribution in [0.1, 0.15) is 65.7 Å². The van der Waals surface area contributed by atoms with Gasteiger partial charge in [0.25, 0.3) is 5.91 Å². The van der Waals surface area contributed by atoms with Crippen LogP contribution in [0.25, 0.3) is 0 Å². The zero-order valence-corrected chi connectivity index (χ0v) is 22.6. The van der Waals surface area contributed by atoms with Crippen LogP contribution in [0, 0.1) is 11.8 Å². The quantitative estimate of drug-likeness (QED) is 0.376. The molecule has 1 saturated heterocycles. The smallest absolute Gasteiger partial charge is 0.251 e. The van der Waals surface area contributed by atoms with Crippen molar-refractivity contribution in [1.29, 1.82) is 0 Å². The number of carbonyl (C=O) groups excluding carboxylic acids is 2. The maximum atomic E-state index is 14.3.